The molecule has 0 unspecified atom stereocenters. The van der Waals surface area contributed by atoms with E-state index in [0.717, 1.165) is 30.1 Å². The number of fused-ring (bicyclic) bond motifs is 5. The minimum Gasteiger partial charge on any atom is -0.297 e. The van der Waals surface area contributed by atoms with Crippen molar-refractivity contribution in [3.63, 3.8) is 0 Å². The summed E-state index contributed by atoms with van der Waals surface area (Å²) in [5.74, 6) is 4.96. The van der Waals surface area contributed by atoms with Gasteiger partial charge in [0.25, 0.3) is 0 Å². The van der Waals surface area contributed by atoms with Gasteiger partial charge in [-0.2, -0.15) is 0 Å². The summed E-state index contributed by atoms with van der Waals surface area (Å²) in [4.78, 5) is 12.7. The van der Waals surface area contributed by atoms with Crippen molar-refractivity contribution < 1.29 is 4.79 Å². The van der Waals surface area contributed by atoms with Gasteiger partial charge < -0.3 is 0 Å². The Hall–Kier alpha value is 1.13. The molecule has 0 radical (unpaired) electrons. The van der Waals surface area contributed by atoms with E-state index in [1.54, 1.807) is 0 Å². The van der Waals surface area contributed by atoms with Gasteiger partial charge in [0.05, 0.1) is 7.85 Å². The van der Waals surface area contributed by atoms with E-state index >= 15 is 0 Å². The highest BCUT2D eigenvalue weighted by atomic mass is 127. The summed E-state index contributed by atoms with van der Waals surface area (Å²) in [6.07, 6.45) is 19.9. The van der Waals surface area contributed by atoms with Gasteiger partial charge in [-0.15, -0.1) is 0 Å². The molecule has 4 fully saturated rings. The van der Waals surface area contributed by atoms with E-state index in [-0.39, 0.29) is 7.85 Å². The number of alkyl halides is 2. The minimum absolute atomic E-state index is 0.252. The molecule has 0 spiro atoms. The van der Waals surface area contributed by atoms with Gasteiger partial charge in [0.2, 0.25) is 0 Å². The largest absolute Gasteiger partial charge is 0.297 e. The van der Waals surface area contributed by atoms with Gasteiger partial charge in [-0.05, 0) is 91.8 Å². The Morgan fingerprint density at radius 3 is 2.27 bits per heavy atom. The second-order valence-corrected chi connectivity index (χ2v) is 14.8. The number of unbranched alkanes of at least 4 members (excludes halogenated alkanes) is 5. The molecule has 4 rings (SSSR count). The lowest BCUT2D eigenvalue weighted by atomic mass is 9.44. The Kier molecular flexibility index (Phi) is 7.91. The van der Waals surface area contributed by atoms with E-state index < -0.39 is 0 Å². The fourth-order valence-corrected chi connectivity index (χ4v) is 12.5. The lowest BCUT2D eigenvalue weighted by Crippen LogP contribution is -2.58. The van der Waals surface area contributed by atoms with Crippen molar-refractivity contribution in [1.82, 2.24) is 0 Å². The Bertz CT molecular complexity index is 620. The standard InChI is InChI=1S/C27H44I2O/c1-4-5-6-7-8-9-10-18-11-13-20-19-12-14-22-24(29)25(30)23(28)17-27(22,3)21(19)15-16-26(18,20)2/h18-24H,4-17H2,1-3H3/t18-,19-,20-,21-,22-,23+,24-,26+,27+/m0/s1. The van der Waals surface area contributed by atoms with Crippen LogP contribution in [0.1, 0.15) is 111 Å². The molecule has 0 heterocycles. The van der Waals surface area contributed by atoms with Crippen LogP contribution in [0.4, 0.5) is 0 Å². The summed E-state index contributed by atoms with van der Waals surface area (Å²) >= 11 is 4.99. The summed E-state index contributed by atoms with van der Waals surface area (Å²) in [7, 11) is 0. The van der Waals surface area contributed by atoms with Gasteiger partial charge >= 0.3 is 0 Å². The van der Waals surface area contributed by atoms with Crippen LogP contribution in [-0.2, 0) is 4.79 Å². The molecule has 0 saturated heterocycles. The molecule has 0 aliphatic heterocycles. The van der Waals surface area contributed by atoms with Crippen LogP contribution in [0.25, 0.3) is 0 Å². The quantitative estimate of drug-likeness (QED) is 0.155. The topological polar surface area (TPSA) is 17.1 Å². The number of carbonyl (C=O) groups is 1. The van der Waals surface area contributed by atoms with Gasteiger partial charge in [0.15, 0.2) is 5.78 Å². The molecule has 0 aromatic rings. The van der Waals surface area contributed by atoms with Crippen molar-refractivity contribution in [3.8, 4) is 0 Å². The fourth-order valence-electron chi connectivity index (χ4n) is 8.88. The number of ketones is 1. The molecule has 1 nitrogen and oxygen atoms in total. The number of carbonyl (C=O) groups excluding carboxylic acids is 1. The number of halogens is 2. The first-order valence-electron chi connectivity index (χ1n) is 13.1. The van der Waals surface area contributed by atoms with Crippen molar-refractivity contribution >= 4 is 51.0 Å². The van der Waals surface area contributed by atoms with E-state index in [9.17, 15) is 4.79 Å². The molecule has 9 atom stereocenters. The first-order valence-corrected chi connectivity index (χ1v) is 15.6. The van der Waals surface area contributed by atoms with Crippen LogP contribution in [0.15, 0.2) is 0 Å². The lowest BCUT2D eigenvalue weighted by Gasteiger charge is -2.61. The van der Waals surface area contributed by atoms with Crippen molar-refractivity contribution in [2.45, 2.75) is 119 Å². The smallest absolute Gasteiger partial charge is 0.158 e. The van der Waals surface area contributed by atoms with Gasteiger partial charge in [0, 0.05) is 0 Å². The van der Waals surface area contributed by atoms with E-state index in [4.69, 9.17) is 0 Å². The number of hydrogen-bond acceptors (Lipinski definition) is 1. The highest BCUT2D eigenvalue weighted by molar-refractivity contribution is 14.1. The molecule has 172 valence electrons. The second-order valence-electron chi connectivity index (χ2n) is 11.9. The summed E-state index contributed by atoms with van der Waals surface area (Å²) in [5.41, 5.74) is 1.03. The third kappa shape index (κ3) is 4.19. The molecule has 0 aromatic heterocycles. The average Bonchev–Trinajstić information content (AvgIpc) is 3.05. The van der Waals surface area contributed by atoms with Crippen molar-refractivity contribution in [3.05, 3.63) is 0 Å². The number of Topliss-reactive ketones (excluding diaryl/α,β-unsaturated/α-hetero) is 1. The maximum atomic E-state index is 12.7. The molecule has 4 aliphatic rings. The third-order valence-corrected chi connectivity index (χ3v) is 13.1. The van der Waals surface area contributed by atoms with Crippen LogP contribution in [-0.4, -0.2) is 13.6 Å². The SMILES string of the molecule is CCCCCCCC[C@H]1CC[C@H]2[C@@H]3CC[C@H]4[C@H](I)C(=O)[C@H](I)C[C@]4(C)[C@H]3CC[C@]12C. The number of rotatable bonds is 7. The van der Waals surface area contributed by atoms with Crippen LogP contribution in [0.5, 0.6) is 0 Å². The highest BCUT2D eigenvalue weighted by Gasteiger charge is 2.62. The van der Waals surface area contributed by atoms with E-state index in [1.165, 1.54) is 83.5 Å². The maximum Gasteiger partial charge on any atom is 0.158 e. The van der Waals surface area contributed by atoms with E-state index in [0.29, 0.717) is 22.5 Å². The van der Waals surface area contributed by atoms with Gasteiger partial charge in [-0.3, -0.25) is 4.79 Å². The second kappa shape index (κ2) is 9.78. The summed E-state index contributed by atoms with van der Waals surface area (Å²) in [6.45, 7) is 7.61. The Morgan fingerprint density at radius 1 is 0.833 bits per heavy atom. The monoisotopic (exact) mass is 638 g/mol. The molecule has 3 heteroatoms. The molecule has 0 N–H and O–H groups in total. The Labute approximate surface area is 213 Å². The minimum atomic E-state index is 0.252. The van der Waals surface area contributed by atoms with Crippen LogP contribution in [0.3, 0.4) is 0 Å². The normalized spacial score (nSPS) is 48.2. The van der Waals surface area contributed by atoms with E-state index in [2.05, 4.69) is 66.0 Å². The third-order valence-electron chi connectivity index (χ3n) is 10.6. The fraction of sp³-hybridized carbons (Fsp3) is 0.963. The Balaban J connectivity index is 1.42. The van der Waals surface area contributed by atoms with Gasteiger partial charge in [-0.25, -0.2) is 0 Å². The van der Waals surface area contributed by atoms with Crippen LogP contribution in [0, 0.1) is 40.4 Å². The highest BCUT2D eigenvalue weighted by Crippen LogP contribution is 2.68. The average molecular weight is 638 g/mol. The van der Waals surface area contributed by atoms with Crippen molar-refractivity contribution in [2.75, 3.05) is 0 Å². The predicted molar refractivity (Wildman–Crippen MR) is 145 cm³/mol. The molecule has 0 bridgehead atoms. The molecule has 4 aliphatic carbocycles. The Morgan fingerprint density at radius 2 is 1.50 bits per heavy atom. The van der Waals surface area contributed by atoms with E-state index in [1.807, 2.05) is 0 Å². The summed E-state index contributed by atoms with van der Waals surface area (Å²) < 4.78 is 0.517. The molecule has 0 amide bonds. The van der Waals surface area contributed by atoms with Crippen LogP contribution in [0.2, 0.25) is 0 Å². The first kappa shape index (κ1) is 24.3. The molecule has 4 saturated carbocycles. The van der Waals surface area contributed by atoms with Crippen molar-refractivity contribution in [1.29, 1.82) is 0 Å². The zero-order chi connectivity index (χ0) is 21.5. The zero-order valence-corrected chi connectivity index (χ0v) is 23.9. The summed E-state index contributed by atoms with van der Waals surface area (Å²) in [5, 5.41) is 0. The molecule has 0 aromatic carbocycles. The first-order chi connectivity index (χ1) is 14.3. The molecule has 30 heavy (non-hydrogen) atoms. The lowest BCUT2D eigenvalue weighted by molar-refractivity contribution is -0.135. The molecular weight excluding hydrogens is 594 g/mol. The number of hydrogen-bond donors (Lipinski definition) is 0. The zero-order valence-electron chi connectivity index (χ0n) is 19.6. The van der Waals surface area contributed by atoms with Crippen molar-refractivity contribution in [2.24, 2.45) is 40.4 Å². The van der Waals surface area contributed by atoms with Gasteiger partial charge in [0.1, 0.15) is 0 Å². The van der Waals surface area contributed by atoms with Gasteiger partial charge in [-0.1, -0.05) is 104 Å². The predicted octanol–water partition coefficient (Wildman–Crippen LogP) is 8.79. The molecular formula is C27H44I2O. The maximum absolute atomic E-state index is 12.7. The van der Waals surface area contributed by atoms with Crippen LogP contribution >= 0.6 is 45.2 Å². The summed E-state index contributed by atoms with van der Waals surface area (Å²) in [6, 6.07) is 0. The van der Waals surface area contributed by atoms with Crippen LogP contribution < -0.4 is 0 Å².